The fraction of sp³-hybridized carbons (Fsp3) is 0.278. The molecular formula is C18H18ClNO3. The summed E-state index contributed by atoms with van der Waals surface area (Å²) < 4.78 is 11.4. The SMILES string of the molecule is COC1N(C(=O)c2ccc(Cl)cc2)c2ccccc2C1(C)OC. The van der Waals surface area contributed by atoms with Gasteiger partial charge in [0.2, 0.25) is 0 Å². The average molecular weight is 332 g/mol. The van der Waals surface area contributed by atoms with Crippen molar-refractivity contribution in [2.24, 2.45) is 0 Å². The predicted molar refractivity (Wildman–Crippen MR) is 89.9 cm³/mol. The van der Waals surface area contributed by atoms with Crippen molar-refractivity contribution in [2.75, 3.05) is 19.1 Å². The van der Waals surface area contributed by atoms with Crippen LogP contribution in [0.4, 0.5) is 5.69 Å². The largest absolute Gasteiger partial charge is 0.369 e. The zero-order chi connectivity index (χ0) is 16.6. The molecule has 4 nitrogen and oxygen atoms in total. The maximum Gasteiger partial charge on any atom is 0.260 e. The number of amides is 1. The number of hydrogen-bond acceptors (Lipinski definition) is 3. The molecule has 0 saturated heterocycles. The number of para-hydroxylation sites is 1. The van der Waals surface area contributed by atoms with Gasteiger partial charge in [0.05, 0.1) is 5.69 Å². The molecule has 2 atom stereocenters. The average Bonchev–Trinajstić information content (AvgIpc) is 2.84. The van der Waals surface area contributed by atoms with Crippen molar-refractivity contribution in [2.45, 2.75) is 18.8 Å². The molecule has 120 valence electrons. The van der Waals surface area contributed by atoms with E-state index >= 15 is 0 Å². The molecule has 0 aliphatic carbocycles. The number of carbonyl (C=O) groups is 1. The number of halogens is 1. The Labute approximate surface area is 140 Å². The minimum absolute atomic E-state index is 0.151. The van der Waals surface area contributed by atoms with Crippen molar-refractivity contribution in [1.82, 2.24) is 0 Å². The molecule has 1 aliphatic heterocycles. The van der Waals surface area contributed by atoms with E-state index in [4.69, 9.17) is 21.1 Å². The Morgan fingerprint density at radius 1 is 1.13 bits per heavy atom. The van der Waals surface area contributed by atoms with Crippen LogP contribution in [-0.2, 0) is 15.1 Å². The van der Waals surface area contributed by atoms with Crippen molar-refractivity contribution >= 4 is 23.2 Å². The predicted octanol–water partition coefficient (Wildman–Crippen LogP) is 3.83. The Hall–Kier alpha value is -1.88. The van der Waals surface area contributed by atoms with E-state index in [2.05, 4.69) is 0 Å². The number of nitrogens with zero attached hydrogens (tertiary/aromatic N) is 1. The van der Waals surface area contributed by atoms with Crippen LogP contribution in [0.5, 0.6) is 0 Å². The summed E-state index contributed by atoms with van der Waals surface area (Å²) in [4.78, 5) is 14.7. The zero-order valence-corrected chi connectivity index (χ0v) is 14.0. The molecule has 0 saturated carbocycles. The Balaban J connectivity index is 2.10. The number of benzene rings is 2. The Morgan fingerprint density at radius 3 is 2.39 bits per heavy atom. The highest BCUT2D eigenvalue weighted by Gasteiger charge is 2.51. The lowest BCUT2D eigenvalue weighted by Crippen LogP contribution is -2.48. The van der Waals surface area contributed by atoms with Crippen molar-refractivity contribution in [3.8, 4) is 0 Å². The molecular weight excluding hydrogens is 314 g/mol. The number of anilines is 1. The van der Waals surface area contributed by atoms with Crippen LogP contribution in [0.2, 0.25) is 5.02 Å². The fourth-order valence-electron chi connectivity index (χ4n) is 3.10. The summed E-state index contributed by atoms with van der Waals surface area (Å²) in [5.41, 5.74) is 1.54. The summed E-state index contributed by atoms with van der Waals surface area (Å²) in [7, 11) is 3.20. The Bertz CT molecular complexity index is 731. The molecule has 1 aliphatic rings. The number of hydrogen-bond donors (Lipinski definition) is 0. The summed E-state index contributed by atoms with van der Waals surface area (Å²) in [6.07, 6.45) is -0.548. The highest BCUT2D eigenvalue weighted by Crippen LogP contribution is 2.46. The van der Waals surface area contributed by atoms with E-state index < -0.39 is 11.8 Å². The van der Waals surface area contributed by atoms with Crippen LogP contribution in [0, 0.1) is 0 Å². The van der Waals surface area contributed by atoms with Crippen LogP contribution in [0.3, 0.4) is 0 Å². The van der Waals surface area contributed by atoms with Gasteiger partial charge in [-0.15, -0.1) is 0 Å². The van der Waals surface area contributed by atoms with Gasteiger partial charge < -0.3 is 9.47 Å². The maximum atomic E-state index is 13.0. The van der Waals surface area contributed by atoms with Gasteiger partial charge in [-0.2, -0.15) is 0 Å². The Morgan fingerprint density at radius 2 is 1.78 bits per heavy atom. The smallest absolute Gasteiger partial charge is 0.260 e. The summed E-state index contributed by atoms with van der Waals surface area (Å²) in [6, 6.07) is 14.5. The molecule has 0 fully saturated rings. The van der Waals surface area contributed by atoms with Crippen molar-refractivity contribution in [1.29, 1.82) is 0 Å². The topological polar surface area (TPSA) is 38.8 Å². The first-order valence-electron chi connectivity index (χ1n) is 7.29. The van der Waals surface area contributed by atoms with Crippen molar-refractivity contribution in [3.05, 3.63) is 64.7 Å². The lowest BCUT2D eigenvalue weighted by molar-refractivity contribution is -0.0994. The van der Waals surface area contributed by atoms with Crippen LogP contribution in [0.15, 0.2) is 48.5 Å². The second-order valence-electron chi connectivity index (χ2n) is 5.60. The van der Waals surface area contributed by atoms with Crippen LogP contribution >= 0.6 is 11.6 Å². The molecule has 2 aromatic rings. The lowest BCUT2D eigenvalue weighted by Gasteiger charge is -2.33. The summed E-state index contributed by atoms with van der Waals surface area (Å²) in [6.45, 7) is 1.93. The molecule has 2 unspecified atom stereocenters. The number of ether oxygens (including phenoxy) is 2. The maximum absolute atomic E-state index is 13.0. The molecule has 1 amide bonds. The van der Waals surface area contributed by atoms with Gasteiger partial charge in [-0.3, -0.25) is 9.69 Å². The van der Waals surface area contributed by atoms with Crippen LogP contribution in [-0.4, -0.2) is 26.4 Å². The third-order valence-corrected chi connectivity index (χ3v) is 4.61. The van der Waals surface area contributed by atoms with Gasteiger partial charge in [0.1, 0.15) is 5.60 Å². The molecule has 0 aromatic heterocycles. The quantitative estimate of drug-likeness (QED) is 0.858. The highest BCUT2D eigenvalue weighted by molar-refractivity contribution is 6.30. The van der Waals surface area contributed by atoms with Gasteiger partial charge in [-0.05, 0) is 37.3 Å². The van der Waals surface area contributed by atoms with Crippen LogP contribution < -0.4 is 4.90 Å². The van der Waals surface area contributed by atoms with E-state index in [1.54, 1.807) is 43.4 Å². The molecule has 5 heteroatoms. The lowest BCUT2D eigenvalue weighted by atomic mass is 9.97. The normalized spacial score (nSPS) is 23.0. The molecule has 2 aromatic carbocycles. The summed E-state index contributed by atoms with van der Waals surface area (Å²) in [5.74, 6) is -0.151. The molecule has 1 heterocycles. The van der Waals surface area contributed by atoms with Gasteiger partial charge >= 0.3 is 0 Å². The minimum atomic E-state index is -0.729. The first-order valence-corrected chi connectivity index (χ1v) is 7.67. The van der Waals surface area contributed by atoms with E-state index in [0.717, 1.165) is 11.3 Å². The molecule has 3 rings (SSSR count). The van der Waals surface area contributed by atoms with Gasteiger partial charge in [-0.25, -0.2) is 0 Å². The molecule has 0 radical (unpaired) electrons. The monoisotopic (exact) mass is 331 g/mol. The Kier molecular flexibility index (Phi) is 4.15. The number of methoxy groups -OCH3 is 2. The molecule has 0 N–H and O–H groups in total. The van der Waals surface area contributed by atoms with Crippen LogP contribution in [0.25, 0.3) is 0 Å². The van der Waals surface area contributed by atoms with E-state index in [1.165, 1.54) is 0 Å². The van der Waals surface area contributed by atoms with Gasteiger partial charge in [0, 0.05) is 30.4 Å². The first kappa shape index (κ1) is 16.0. The first-order chi connectivity index (χ1) is 11.0. The molecule has 23 heavy (non-hydrogen) atoms. The van der Waals surface area contributed by atoms with E-state index in [-0.39, 0.29) is 5.91 Å². The second kappa shape index (κ2) is 5.96. The van der Waals surface area contributed by atoms with E-state index in [0.29, 0.717) is 10.6 Å². The van der Waals surface area contributed by atoms with Crippen molar-refractivity contribution in [3.63, 3.8) is 0 Å². The van der Waals surface area contributed by atoms with E-state index in [1.807, 2.05) is 31.2 Å². The second-order valence-corrected chi connectivity index (χ2v) is 6.03. The number of rotatable bonds is 3. The number of fused-ring (bicyclic) bond motifs is 1. The van der Waals surface area contributed by atoms with Gasteiger partial charge in [-0.1, -0.05) is 29.8 Å². The molecule has 0 spiro atoms. The highest BCUT2D eigenvalue weighted by atomic mass is 35.5. The summed E-state index contributed by atoms with van der Waals surface area (Å²) in [5, 5.41) is 0.591. The zero-order valence-electron chi connectivity index (χ0n) is 13.2. The standard InChI is InChI=1S/C18H18ClNO3/c1-18(23-3)14-6-4-5-7-15(14)20(17(18)22-2)16(21)12-8-10-13(19)11-9-12/h4-11,17H,1-3H3. The fourth-order valence-corrected chi connectivity index (χ4v) is 3.22. The van der Waals surface area contributed by atoms with Crippen molar-refractivity contribution < 1.29 is 14.3 Å². The van der Waals surface area contributed by atoms with Gasteiger partial charge in [0.15, 0.2) is 6.23 Å². The van der Waals surface area contributed by atoms with Crippen LogP contribution in [0.1, 0.15) is 22.8 Å². The third kappa shape index (κ3) is 2.43. The third-order valence-electron chi connectivity index (χ3n) is 4.36. The van der Waals surface area contributed by atoms with E-state index in [9.17, 15) is 4.79 Å². The molecule has 0 bridgehead atoms. The van der Waals surface area contributed by atoms with Gasteiger partial charge in [0.25, 0.3) is 5.91 Å². The minimum Gasteiger partial charge on any atom is -0.369 e. The summed E-state index contributed by atoms with van der Waals surface area (Å²) >= 11 is 5.91. The number of carbonyl (C=O) groups excluding carboxylic acids is 1.